The topological polar surface area (TPSA) is 266 Å². The van der Waals surface area contributed by atoms with E-state index < -0.39 is 112 Å². The third kappa shape index (κ3) is 15.4. The number of hydrogen-bond acceptors (Lipinski definition) is 16. The lowest BCUT2D eigenvalue weighted by Gasteiger charge is -2.30. The van der Waals surface area contributed by atoms with Gasteiger partial charge in [-0.1, -0.05) is 79.5 Å². The van der Waals surface area contributed by atoms with Gasteiger partial charge in [0, 0.05) is 87.0 Å². The van der Waals surface area contributed by atoms with E-state index in [9.17, 15) is 58.7 Å². The molecule has 0 aliphatic carbocycles. The SMILES string of the molecule is CC(C)(C)c1cc(NC(=O)N2CCCC2c2ccc(C(F)(F)F)c(C(C)(C)c3cc(NC(=O)N4CCCC4c4ccc(C(F)(F)F)c(C(C)(C)c5cc(NC(=O)N6CCCN6c6ccc(C(F)(F)F)c(CC(C)(C)c7cc(NC(=O)N8CCCN8c8ccc(C(F)(F)F)cn8)on7)n6)no5)c4)no3)c2)on1. The van der Waals surface area contributed by atoms with Crippen molar-refractivity contribution in [1.29, 1.82) is 0 Å². The van der Waals surface area contributed by atoms with Crippen LogP contribution in [-0.4, -0.2) is 114 Å². The minimum atomic E-state index is -4.93. The lowest BCUT2D eigenvalue weighted by atomic mass is 9.78. The molecule has 4 N–H and O–H groups in total. The smallest absolute Gasteiger partial charge is 0.358 e. The molecule has 6 aromatic heterocycles. The highest BCUT2D eigenvalue weighted by Gasteiger charge is 2.46. The molecule has 2 atom stereocenters. The zero-order valence-corrected chi connectivity index (χ0v) is 58.7. The van der Waals surface area contributed by atoms with Crippen LogP contribution in [0.3, 0.4) is 0 Å². The summed E-state index contributed by atoms with van der Waals surface area (Å²) in [7, 11) is 0. The number of nitrogens with one attached hydrogen (secondary N) is 4. The first-order valence-corrected chi connectivity index (χ1v) is 33.9. The normalized spacial score (nSPS) is 17.3. The van der Waals surface area contributed by atoms with Gasteiger partial charge in [-0.2, -0.15) is 52.7 Å². The van der Waals surface area contributed by atoms with Crippen LogP contribution in [0.4, 0.5) is 107 Å². The Labute approximate surface area is 598 Å². The Morgan fingerprint density at radius 1 is 0.443 bits per heavy atom. The van der Waals surface area contributed by atoms with E-state index in [1.165, 1.54) is 95.0 Å². The molecule has 8 amide bonds. The van der Waals surface area contributed by atoms with Crippen molar-refractivity contribution in [1.82, 2.24) is 50.4 Å². The number of aromatic nitrogens is 6. The Balaban J connectivity index is 0.712. The number of urea groups is 4. The van der Waals surface area contributed by atoms with Gasteiger partial charge in [-0.05, 0) is 125 Å². The molecular formula is C70H74F12N16O8. The molecule has 36 heteroatoms. The van der Waals surface area contributed by atoms with Crippen molar-refractivity contribution in [3.8, 4) is 0 Å². The highest BCUT2D eigenvalue weighted by Crippen LogP contribution is 2.48. The van der Waals surface area contributed by atoms with Gasteiger partial charge in [0.05, 0.1) is 62.2 Å². The maximum atomic E-state index is 15.1. The van der Waals surface area contributed by atoms with Gasteiger partial charge in [-0.15, -0.1) is 0 Å². The summed E-state index contributed by atoms with van der Waals surface area (Å²) in [6.45, 7) is 15.7. The summed E-state index contributed by atoms with van der Waals surface area (Å²) in [5, 5.41) is 31.6. The number of amides is 8. The fourth-order valence-electron chi connectivity index (χ4n) is 13.7. The lowest BCUT2D eigenvalue weighted by molar-refractivity contribution is -0.139. The molecular weight excluding hydrogens is 1420 g/mol. The summed E-state index contributed by atoms with van der Waals surface area (Å²) < 4.78 is 196. The van der Waals surface area contributed by atoms with Gasteiger partial charge in [0.25, 0.3) is 0 Å². The Kier molecular flexibility index (Phi) is 19.6. The highest BCUT2D eigenvalue weighted by molar-refractivity contribution is 5.91. The molecule has 566 valence electrons. The summed E-state index contributed by atoms with van der Waals surface area (Å²) in [4.78, 5) is 66.7. The van der Waals surface area contributed by atoms with Crippen molar-refractivity contribution in [2.24, 2.45) is 0 Å². The molecule has 24 nitrogen and oxygen atoms in total. The lowest BCUT2D eigenvalue weighted by Crippen LogP contribution is -2.44. The van der Waals surface area contributed by atoms with Crippen molar-refractivity contribution >= 4 is 59.2 Å². The van der Waals surface area contributed by atoms with Gasteiger partial charge in [0.1, 0.15) is 23.2 Å². The van der Waals surface area contributed by atoms with Crippen molar-refractivity contribution in [3.05, 3.63) is 164 Å². The number of hydrazine groups is 2. The zero-order valence-electron chi connectivity index (χ0n) is 58.7. The largest absolute Gasteiger partial charge is 0.418 e. The fraction of sp³-hybridized carbons (Fsp3) is 0.457. The van der Waals surface area contributed by atoms with Crippen molar-refractivity contribution in [2.45, 2.75) is 166 Å². The van der Waals surface area contributed by atoms with Crippen LogP contribution in [-0.2, 0) is 52.8 Å². The molecule has 0 spiro atoms. The van der Waals surface area contributed by atoms with Gasteiger partial charge in [0.15, 0.2) is 11.6 Å². The molecule has 106 heavy (non-hydrogen) atoms. The predicted octanol–water partition coefficient (Wildman–Crippen LogP) is 17.0. The molecule has 4 aliphatic rings. The average Bonchev–Trinajstić information content (AvgIpc) is 1.28. The van der Waals surface area contributed by atoms with E-state index in [1.807, 2.05) is 20.8 Å². The van der Waals surface area contributed by atoms with E-state index in [-0.39, 0.29) is 102 Å². The number of carbonyl (C=O) groups excluding carboxylic acids is 4. The first-order valence-electron chi connectivity index (χ1n) is 33.9. The molecule has 2 aromatic carbocycles. The number of benzene rings is 2. The number of anilines is 6. The maximum absolute atomic E-state index is 15.1. The fourth-order valence-corrected chi connectivity index (χ4v) is 13.7. The first kappa shape index (κ1) is 75.1. The Bertz CT molecular complexity index is 4590. The number of hydrogen-bond donors (Lipinski definition) is 4. The number of rotatable bonds is 15. The third-order valence-electron chi connectivity index (χ3n) is 19.5. The molecule has 10 heterocycles. The first-order chi connectivity index (χ1) is 49.6. The minimum Gasteiger partial charge on any atom is -0.358 e. The summed E-state index contributed by atoms with van der Waals surface area (Å²) in [6.07, 6.45) is -16.6. The van der Waals surface area contributed by atoms with E-state index in [2.05, 4.69) is 51.9 Å². The maximum Gasteiger partial charge on any atom is 0.418 e. The van der Waals surface area contributed by atoms with Crippen LogP contribution in [0.25, 0.3) is 0 Å². The Morgan fingerprint density at radius 2 is 0.887 bits per heavy atom. The monoisotopic (exact) mass is 1490 g/mol. The van der Waals surface area contributed by atoms with Crippen LogP contribution in [0, 0.1) is 0 Å². The molecule has 0 saturated carbocycles. The molecule has 4 aliphatic heterocycles. The number of halogens is 12. The number of nitrogens with zero attached hydrogens (tertiary/aromatic N) is 12. The molecule has 4 fully saturated rings. The van der Waals surface area contributed by atoms with E-state index >= 15 is 13.2 Å². The van der Waals surface area contributed by atoms with E-state index in [0.717, 1.165) is 41.4 Å². The van der Waals surface area contributed by atoms with E-state index in [0.29, 0.717) is 68.1 Å². The van der Waals surface area contributed by atoms with Crippen molar-refractivity contribution in [3.63, 3.8) is 0 Å². The van der Waals surface area contributed by atoms with Gasteiger partial charge in [0.2, 0.25) is 11.8 Å². The van der Waals surface area contributed by atoms with Gasteiger partial charge in [-0.3, -0.25) is 31.3 Å². The number of alkyl halides is 12. The molecule has 0 radical (unpaired) electrons. The molecule has 8 aromatic rings. The number of carbonyl (C=O) groups is 4. The van der Waals surface area contributed by atoms with Crippen LogP contribution in [0.1, 0.15) is 186 Å². The Hall–Kier alpha value is -10.6. The zero-order chi connectivity index (χ0) is 76.6. The second kappa shape index (κ2) is 27.7. The minimum absolute atomic E-state index is 0.0304. The predicted molar refractivity (Wildman–Crippen MR) is 358 cm³/mol. The summed E-state index contributed by atoms with van der Waals surface area (Å²) in [6, 6.07) is 12.1. The van der Waals surface area contributed by atoms with Crippen molar-refractivity contribution in [2.75, 3.05) is 70.6 Å². The van der Waals surface area contributed by atoms with Crippen molar-refractivity contribution < 1.29 is 90.0 Å². The second-order valence-electron chi connectivity index (χ2n) is 29.2. The van der Waals surface area contributed by atoms with Crippen LogP contribution >= 0.6 is 0 Å². The van der Waals surface area contributed by atoms with Crippen LogP contribution in [0.2, 0.25) is 0 Å². The van der Waals surface area contributed by atoms with Crippen LogP contribution in [0.5, 0.6) is 0 Å². The summed E-state index contributed by atoms with van der Waals surface area (Å²) in [5.41, 5.74) is -8.52. The van der Waals surface area contributed by atoms with Gasteiger partial charge >= 0.3 is 48.8 Å². The average molecular weight is 1500 g/mol. The van der Waals surface area contributed by atoms with Gasteiger partial charge < -0.3 is 27.9 Å². The quantitative estimate of drug-likeness (QED) is 0.0695. The summed E-state index contributed by atoms with van der Waals surface area (Å²) >= 11 is 0. The Morgan fingerprint density at radius 3 is 1.36 bits per heavy atom. The highest BCUT2D eigenvalue weighted by atomic mass is 19.4. The van der Waals surface area contributed by atoms with E-state index in [1.54, 1.807) is 19.9 Å². The molecule has 4 saturated heterocycles. The molecule has 12 rings (SSSR count). The standard InChI is InChI=1S/C70H74F12N16O8/c1-63(2,3)49-32-57(105-89-49)87-60(100)94-25-11-15-48(94)39-17-20-42(69(77,78)79)45(31-39)65(6,7)51-34-53(91-103-51)85-59(99)93-24-10-14-47(93)38-16-19-41(68(74,75)76)44(30-38)66(8,9)52-35-54(92-104-52)86-61(101)97-28-13-27-96(97)56-23-21-43(70(80,81)82)46(84-56)36-64(4,5)50-33-58(106-90-50)88-62(102)98-29-12-26-95(98)55-22-18-40(37-83-55)67(71,72)73/h16-23,30-35,37,47-48H,10-15,24-29,36H2,1-9H3,(H,87,100)(H,88,102)(H,85,91,99)(H,86,92,101). The van der Waals surface area contributed by atoms with E-state index in [4.69, 9.17) is 18.1 Å². The van der Waals surface area contributed by atoms with Gasteiger partial charge in [-0.25, -0.2) is 39.2 Å². The number of likely N-dealkylation sites (tertiary alicyclic amines) is 2. The molecule has 0 bridgehead atoms. The summed E-state index contributed by atoms with van der Waals surface area (Å²) in [5.74, 6) is -0.709. The number of pyridine rings is 2. The third-order valence-corrected chi connectivity index (χ3v) is 19.5. The van der Waals surface area contributed by atoms with Crippen LogP contribution in [0.15, 0.2) is 109 Å². The van der Waals surface area contributed by atoms with Crippen LogP contribution < -0.4 is 31.3 Å². The molecule has 2 unspecified atom stereocenters. The second-order valence-corrected chi connectivity index (χ2v) is 29.2.